The van der Waals surface area contributed by atoms with Gasteiger partial charge in [0.25, 0.3) is 0 Å². The van der Waals surface area contributed by atoms with Crippen LogP contribution in [0.1, 0.15) is 52.5 Å². The van der Waals surface area contributed by atoms with Crippen LogP contribution in [-0.4, -0.2) is 59.0 Å². The first kappa shape index (κ1) is 27.5. The molecule has 0 amide bonds. The van der Waals surface area contributed by atoms with Gasteiger partial charge in [-0.2, -0.15) is 0 Å². The molecule has 1 aromatic rings. The lowest BCUT2D eigenvalue weighted by Gasteiger charge is -2.64. The Labute approximate surface area is 235 Å². The van der Waals surface area contributed by atoms with E-state index >= 15 is 4.39 Å². The second kappa shape index (κ2) is 9.18. The maximum Gasteiger partial charge on any atom is 0.303 e. The largest absolute Gasteiger partial charge is 0.458 e. The van der Waals surface area contributed by atoms with Crippen molar-refractivity contribution in [2.45, 2.75) is 65.3 Å². The number of ether oxygens (including phenoxy) is 1. The summed E-state index contributed by atoms with van der Waals surface area (Å²) in [5, 5.41) is 11.8. The fraction of sp³-hybridized carbons (Fsp3) is 0.606. The minimum Gasteiger partial charge on any atom is -0.458 e. The molecule has 1 unspecified atom stereocenters. The zero-order valence-electron chi connectivity index (χ0n) is 23.9. The molecule has 3 saturated carbocycles. The maximum absolute atomic E-state index is 17.7. The van der Waals surface area contributed by atoms with Crippen LogP contribution in [0.25, 0.3) is 0 Å². The topological polar surface area (TPSA) is 83.9 Å². The number of aliphatic hydroxyl groups excluding tert-OH is 1. The number of benzene rings is 1. The number of carbonyl (C=O) groups is 3. The summed E-state index contributed by atoms with van der Waals surface area (Å²) in [6, 6.07) is 10.1. The Balaban J connectivity index is 1.41. The van der Waals surface area contributed by atoms with Crippen molar-refractivity contribution in [3.8, 4) is 0 Å². The van der Waals surface area contributed by atoms with Crippen LogP contribution in [0.4, 0.5) is 4.39 Å². The quantitative estimate of drug-likeness (QED) is 0.546. The fourth-order valence-electron chi connectivity index (χ4n) is 10.0. The number of Topliss-reactive ketones (excluding diaryl/α,β-unsaturated/α-hetero) is 1. The second-order valence-corrected chi connectivity index (χ2v) is 13.6. The third kappa shape index (κ3) is 3.56. The molecule has 1 aliphatic heterocycles. The Morgan fingerprint density at radius 1 is 1.15 bits per heavy atom. The summed E-state index contributed by atoms with van der Waals surface area (Å²) in [7, 11) is 0. The first-order chi connectivity index (χ1) is 18.9. The highest BCUT2D eigenvalue weighted by atomic mass is 19.1. The molecule has 4 aliphatic carbocycles. The van der Waals surface area contributed by atoms with Crippen molar-refractivity contribution in [2.24, 2.45) is 39.9 Å². The normalized spacial score (nSPS) is 43.8. The number of aliphatic hydroxyl groups is 1. The highest BCUT2D eigenvalue weighted by molar-refractivity contribution is 6.01. The standard InChI is InChI=1S/C33H40FNO5/c1-20-12-27-26-13-23-17-35(16-22-8-6-5-7-9-22)19-32(23,29(39)18-40-21(2)36)31(26,4)15-28(38)33(27,34)30(3)11-10-24(37)14-25(20)30/h5-11,14,20,23,26-28,38H,12-13,15-19H2,1-4H3/t20-,23-,26?,27-,28-,30-,31-,32+,33-/m0/s1. The Morgan fingerprint density at radius 2 is 1.88 bits per heavy atom. The van der Waals surface area contributed by atoms with E-state index in [9.17, 15) is 19.5 Å². The van der Waals surface area contributed by atoms with Crippen molar-refractivity contribution in [1.29, 1.82) is 0 Å². The monoisotopic (exact) mass is 549 g/mol. The zero-order chi connectivity index (χ0) is 28.7. The third-order valence-corrected chi connectivity index (χ3v) is 11.7. The first-order valence-corrected chi connectivity index (χ1v) is 14.6. The Bertz CT molecular complexity index is 1310. The van der Waals surface area contributed by atoms with Gasteiger partial charge in [0.2, 0.25) is 0 Å². The number of allylic oxidation sites excluding steroid dienone is 4. The predicted octanol–water partition coefficient (Wildman–Crippen LogP) is 4.46. The molecule has 4 fully saturated rings. The van der Waals surface area contributed by atoms with E-state index < -0.39 is 39.9 Å². The molecule has 6 nitrogen and oxygen atoms in total. The lowest BCUT2D eigenvalue weighted by molar-refractivity contribution is -0.211. The summed E-state index contributed by atoms with van der Waals surface area (Å²) in [5.74, 6) is -1.41. The number of halogens is 1. The number of alkyl halides is 1. The molecule has 0 spiro atoms. The van der Waals surface area contributed by atoms with Crippen LogP contribution < -0.4 is 0 Å². The average Bonchev–Trinajstić information content (AvgIpc) is 3.38. The van der Waals surface area contributed by atoms with Crippen LogP contribution >= 0.6 is 0 Å². The van der Waals surface area contributed by atoms with Crippen LogP contribution in [0.3, 0.4) is 0 Å². The molecule has 7 heteroatoms. The number of likely N-dealkylation sites (tertiary alicyclic amines) is 1. The van der Waals surface area contributed by atoms with E-state index in [1.165, 1.54) is 13.0 Å². The van der Waals surface area contributed by atoms with Crippen molar-refractivity contribution in [2.75, 3.05) is 19.7 Å². The Morgan fingerprint density at radius 3 is 2.58 bits per heavy atom. The molecule has 1 N–H and O–H groups in total. The average molecular weight is 550 g/mol. The minimum atomic E-state index is -1.95. The maximum atomic E-state index is 17.7. The smallest absolute Gasteiger partial charge is 0.303 e. The third-order valence-electron chi connectivity index (χ3n) is 11.7. The van der Waals surface area contributed by atoms with Gasteiger partial charge < -0.3 is 9.84 Å². The molecule has 1 aromatic carbocycles. The highest BCUT2D eigenvalue weighted by Crippen LogP contribution is 2.74. The van der Waals surface area contributed by atoms with Gasteiger partial charge in [-0.3, -0.25) is 19.3 Å². The van der Waals surface area contributed by atoms with Crippen LogP contribution in [0.15, 0.2) is 54.1 Å². The number of ketones is 2. The molecule has 5 aliphatic rings. The Kier molecular flexibility index (Phi) is 6.32. The molecule has 214 valence electrons. The lowest BCUT2D eigenvalue weighted by Crippen LogP contribution is -2.69. The van der Waals surface area contributed by atoms with E-state index in [2.05, 4.69) is 24.0 Å². The summed E-state index contributed by atoms with van der Waals surface area (Å²) in [6.45, 7) is 8.84. The molecule has 0 radical (unpaired) electrons. The van der Waals surface area contributed by atoms with Gasteiger partial charge in [-0.1, -0.05) is 55.8 Å². The number of hydrogen-bond donors (Lipinski definition) is 1. The number of hydrogen-bond acceptors (Lipinski definition) is 6. The molecular weight excluding hydrogens is 509 g/mol. The highest BCUT2D eigenvalue weighted by Gasteiger charge is 2.77. The molecular formula is C33H40FNO5. The van der Waals surface area contributed by atoms with Crippen LogP contribution in [0.5, 0.6) is 0 Å². The molecule has 6 rings (SSSR count). The molecule has 0 aromatic heterocycles. The molecule has 1 saturated heterocycles. The van der Waals surface area contributed by atoms with Crippen molar-refractivity contribution in [1.82, 2.24) is 4.90 Å². The fourth-order valence-corrected chi connectivity index (χ4v) is 10.0. The zero-order valence-corrected chi connectivity index (χ0v) is 23.9. The van der Waals surface area contributed by atoms with Gasteiger partial charge in [-0.05, 0) is 67.1 Å². The van der Waals surface area contributed by atoms with Crippen molar-refractivity contribution in [3.63, 3.8) is 0 Å². The van der Waals surface area contributed by atoms with Gasteiger partial charge in [0.15, 0.2) is 23.8 Å². The molecule has 40 heavy (non-hydrogen) atoms. The van der Waals surface area contributed by atoms with E-state index in [0.29, 0.717) is 32.5 Å². The van der Waals surface area contributed by atoms with E-state index in [1.807, 2.05) is 32.0 Å². The van der Waals surface area contributed by atoms with E-state index in [4.69, 9.17) is 4.74 Å². The molecule has 0 bridgehead atoms. The summed E-state index contributed by atoms with van der Waals surface area (Å²) >= 11 is 0. The van der Waals surface area contributed by atoms with Gasteiger partial charge in [-0.15, -0.1) is 0 Å². The number of rotatable bonds is 5. The minimum absolute atomic E-state index is 0.0231. The van der Waals surface area contributed by atoms with Gasteiger partial charge in [0.1, 0.15) is 0 Å². The van der Waals surface area contributed by atoms with Gasteiger partial charge >= 0.3 is 5.97 Å². The second-order valence-electron chi connectivity index (χ2n) is 13.6. The number of esters is 1. The van der Waals surface area contributed by atoms with E-state index in [1.54, 1.807) is 12.2 Å². The number of nitrogens with zero attached hydrogens (tertiary/aromatic N) is 1. The summed E-state index contributed by atoms with van der Waals surface area (Å²) in [4.78, 5) is 40.5. The number of carbonyl (C=O) groups excluding carboxylic acids is 3. The van der Waals surface area contributed by atoms with Gasteiger partial charge in [-0.25, -0.2) is 4.39 Å². The van der Waals surface area contributed by atoms with E-state index in [-0.39, 0.29) is 42.3 Å². The molecule has 9 atom stereocenters. The van der Waals surface area contributed by atoms with Crippen molar-refractivity contribution in [3.05, 3.63) is 59.7 Å². The van der Waals surface area contributed by atoms with Crippen LogP contribution in [0, 0.1) is 39.9 Å². The van der Waals surface area contributed by atoms with Gasteiger partial charge in [0.05, 0.1) is 11.5 Å². The summed E-state index contributed by atoms with van der Waals surface area (Å²) < 4.78 is 23.0. The number of fused-ring (bicyclic) bond motifs is 7. The summed E-state index contributed by atoms with van der Waals surface area (Å²) in [5.41, 5.74) is -2.65. The first-order valence-electron chi connectivity index (χ1n) is 14.6. The summed E-state index contributed by atoms with van der Waals surface area (Å²) in [6.07, 6.45) is 4.72. The Hall–Kier alpha value is -2.64. The van der Waals surface area contributed by atoms with Crippen molar-refractivity contribution >= 4 is 17.5 Å². The SMILES string of the molecule is CC(=O)OCC(=O)[C@@]12CN(Cc3ccccc3)C[C@@H]1CC1[C@@H]3C[C@H](C)C4=CC(=O)C=C[C@]4(C)[C@@]3(F)[C@@H](O)C[C@@]12C. The van der Waals surface area contributed by atoms with Crippen LogP contribution in [-0.2, 0) is 25.7 Å². The molecule has 1 heterocycles. The van der Waals surface area contributed by atoms with Crippen molar-refractivity contribution < 1.29 is 28.6 Å². The van der Waals surface area contributed by atoms with Gasteiger partial charge in [0, 0.05) is 37.9 Å². The van der Waals surface area contributed by atoms with E-state index in [0.717, 1.165) is 11.1 Å². The predicted molar refractivity (Wildman–Crippen MR) is 148 cm³/mol. The van der Waals surface area contributed by atoms with Crippen LogP contribution in [0.2, 0.25) is 0 Å². The lowest BCUT2D eigenvalue weighted by atomic mass is 9.42.